The monoisotopic (exact) mass is 436 g/mol. The zero-order valence-corrected chi connectivity index (χ0v) is 17.2. The lowest BCUT2D eigenvalue weighted by Crippen LogP contribution is -2.17. The molecule has 0 aliphatic carbocycles. The highest BCUT2D eigenvalue weighted by Crippen LogP contribution is 2.24. The maximum Gasteiger partial charge on any atom is 0.349 e. The van der Waals surface area contributed by atoms with Crippen LogP contribution in [0, 0.1) is 6.92 Å². The SMILES string of the molecule is Cc1ccc(Oc2coc3cc(OC(=O)COc4ccc(Cl)cc4)ccc3c2=O)cc1. The summed E-state index contributed by atoms with van der Waals surface area (Å²) in [5.41, 5.74) is 1.02. The van der Waals surface area contributed by atoms with Crippen LogP contribution in [0.25, 0.3) is 11.0 Å². The molecule has 0 atom stereocenters. The topological polar surface area (TPSA) is 75.0 Å². The van der Waals surface area contributed by atoms with E-state index < -0.39 is 5.97 Å². The van der Waals surface area contributed by atoms with E-state index in [1.54, 1.807) is 36.4 Å². The number of benzene rings is 3. The lowest BCUT2D eigenvalue weighted by atomic mass is 10.2. The summed E-state index contributed by atoms with van der Waals surface area (Å²) < 4.78 is 21.8. The van der Waals surface area contributed by atoms with Crippen molar-refractivity contribution in [3.8, 4) is 23.0 Å². The highest BCUT2D eigenvalue weighted by atomic mass is 35.5. The minimum atomic E-state index is -0.601. The highest BCUT2D eigenvalue weighted by molar-refractivity contribution is 6.30. The molecule has 0 bridgehead atoms. The molecule has 31 heavy (non-hydrogen) atoms. The van der Waals surface area contributed by atoms with Crippen LogP contribution in [0.2, 0.25) is 5.02 Å². The summed E-state index contributed by atoms with van der Waals surface area (Å²) in [5.74, 6) is 0.719. The van der Waals surface area contributed by atoms with E-state index in [-0.39, 0.29) is 29.1 Å². The van der Waals surface area contributed by atoms with E-state index in [4.69, 9.17) is 30.2 Å². The number of hydrogen-bond acceptors (Lipinski definition) is 6. The number of carbonyl (C=O) groups is 1. The zero-order valence-electron chi connectivity index (χ0n) is 16.5. The number of rotatable bonds is 6. The lowest BCUT2D eigenvalue weighted by Gasteiger charge is -2.08. The van der Waals surface area contributed by atoms with Crippen LogP contribution in [0.4, 0.5) is 0 Å². The average molecular weight is 437 g/mol. The van der Waals surface area contributed by atoms with Crippen molar-refractivity contribution >= 4 is 28.5 Å². The summed E-state index contributed by atoms with van der Waals surface area (Å²) in [6.07, 6.45) is 1.24. The van der Waals surface area contributed by atoms with E-state index >= 15 is 0 Å². The molecule has 1 aromatic heterocycles. The number of aryl methyl sites for hydroxylation is 1. The Bertz CT molecular complexity index is 1280. The normalized spacial score (nSPS) is 10.6. The standard InChI is InChI=1S/C24H17ClO6/c1-15-2-6-18(7-3-15)30-22-13-29-21-12-19(10-11-20(21)24(22)27)31-23(26)14-28-17-8-4-16(25)5-9-17/h2-13H,14H2,1H3. The Labute approximate surface area is 182 Å². The summed E-state index contributed by atoms with van der Waals surface area (Å²) in [6, 6.07) is 18.4. The molecule has 0 saturated carbocycles. The summed E-state index contributed by atoms with van der Waals surface area (Å²) >= 11 is 5.81. The fourth-order valence-electron chi connectivity index (χ4n) is 2.79. The largest absolute Gasteiger partial charge is 0.482 e. The van der Waals surface area contributed by atoms with Crippen molar-refractivity contribution in [3.05, 3.63) is 93.8 Å². The maximum absolute atomic E-state index is 12.7. The minimum Gasteiger partial charge on any atom is -0.482 e. The van der Waals surface area contributed by atoms with Gasteiger partial charge in [-0.15, -0.1) is 0 Å². The first-order valence-electron chi connectivity index (χ1n) is 9.37. The van der Waals surface area contributed by atoms with Gasteiger partial charge in [-0.2, -0.15) is 0 Å². The second-order valence-electron chi connectivity index (χ2n) is 6.72. The quantitative estimate of drug-likeness (QED) is 0.292. The first kappa shape index (κ1) is 20.5. The van der Waals surface area contributed by atoms with E-state index in [2.05, 4.69) is 0 Å². The van der Waals surface area contributed by atoms with E-state index in [0.717, 1.165) is 5.56 Å². The third-order valence-corrected chi connectivity index (χ3v) is 4.62. The molecule has 7 heteroatoms. The Morgan fingerprint density at radius 3 is 2.35 bits per heavy atom. The van der Waals surface area contributed by atoms with Gasteiger partial charge >= 0.3 is 5.97 Å². The van der Waals surface area contributed by atoms with Gasteiger partial charge in [0.25, 0.3) is 0 Å². The van der Waals surface area contributed by atoms with E-state index in [0.29, 0.717) is 21.9 Å². The Hall–Kier alpha value is -3.77. The molecule has 0 saturated heterocycles. The molecule has 4 rings (SSSR count). The maximum atomic E-state index is 12.7. The molecule has 0 spiro atoms. The summed E-state index contributed by atoms with van der Waals surface area (Å²) in [4.78, 5) is 24.7. The van der Waals surface area contributed by atoms with Gasteiger partial charge in [-0.25, -0.2) is 4.79 Å². The number of carbonyl (C=O) groups excluding carboxylic acids is 1. The Morgan fingerprint density at radius 1 is 0.935 bits per heavy atom. The Balaban J connectivity index is 1.45. The average Bonchev–Trinajstić information content (AvgIpc) is 2.77. The van der Waals surface area contributed by atoms with Crippen molar-refractivity contribution in [1.82, 2.24) is 0 Å². The second kappa shape index (κ2) is 8.93. The van der Waals surface area contributed by atoms with Gasteiger partial charge < -0.3 is 18.6 Å². The molecule has 0 aliphatic heterocycles. The minimum absolute atomic E-state index is 0.0671. The third kappa shape index (κ3) is 5.05. The van der Waals surface area contributed by atoms with Gasteiger partial charge in [-0.1, -0.05) is 29.3 Å². The first-order valence-corrected chi connectivity index (χ1v) is 9.75. The van der Waals surface area contributed by atoms with Crippen molar-refractivity contribution in [2.75, 3.05) is 6.61 Å². The molecule has 0 N–H and O–H groups in total. The number of hydrogen-bond donors (Lipinski definition) is 0. The molecule has 156 valence electrons. The van der Waals surface area contributed by atoms with E-state index in [1.807, 2.05) is 19.1 Å². The predicted molar refractivity (Wildman–Crippen MR) is 116 cm³/mol. The van der Waals surface area contributed by atoms with Crippen LogP contribution in [0.1, 0.15) is 5.56 Å². The molecule has 0 aliphatic rings. The summed E-state index contributed by atoms with van der Waals surface area (Å²) in [6.45, 7) is 1.68. The summed E-state index contributed by atoms with van der Waals surface area (Å²) in [7, 11) is 0. The van der Waals surface area contributed by atoms with Crippen LogP contribution in [-0.4, -0.2) is 12.6 Å². The van der Waals surface area contributed by atoms with Crippen LogP contribution in [-0.2, 0) is 4.79 Å². The molecule has 0 unspecified atom stereocenters. The fourth-order valence-corrected chi connectivity index (χ4v) is 2.92. The third-order valence-electron chi connectivity index (χ3n) is 4.37. The van der Waals surface area contributed by atoms with Crippen LogP contribution in [0.15, 0.2) is 82.2 Å². The molecule has 0 radical (unpaired) electrons. The van der Waals surface area contributed by atoms with E-state index in [9.17, 15) is 9.59 Å². The molecule has 0 amide bonds. The van der Waals surface area contributed by atoms with Gasteiger partial charge in [0.15, 0.2) is 6.61 Å². The number of ether oxygens (including phenoxy) is 3. The molecular weight excluding hydrogens is 420 g/mol. The molecule has 1 heterocycles. The van der Waals surface area contributed by atoms with Crippen LogP contribution in [0.5, 0.6) is 23.0 Å². The lowest BCUT2D eigenvalue weighted by molar-refractivity contribution is -0.136. The van der Waals surface area contributed by atoms with Crippen LogP contribution in [0.3, 0.4) is 0 Å². The highest BCUT2D eigenvalue weighted by Gasteiger charge is 2.12. The second-order valence-corrected chi connectivity index (χ2v) is 7.16. The fraction of sp³-hybridized carbons (Fsp3) is 0.0833. The Morgan fingerprint density at radius 2 is 1.61 bits per heavy atom. The van der Waals surface area contributed by atoms with Crippen molar-refractivity contribution in [2.24, 2.45) is 0 Å². The number of halogens is 1. The van der Waals surface area contributed by atoms with Gasteiger partial charge in [0, 0.05) is 11.1 Å². The van der Waals surface area contributed by atoms with Crippen molar-refractivity contribution < 1.29 is 23.4 Å². The molecule has 4 aromatic rings. The smallest absolute Gasteiger partial charge is 0.349 e. The van der Waals surface area contributed by atoms with Gasteiger partial charge in [0.1, 0.15) is 29.1 Å². The molecular formula is C24H17ClO6. The van der Waals surface area contributed by atoms with Gasteiger partial charge in [-0.3, -0.25) is 4.79 Å². The van der Waals surface area contributed by atoms with Crippen molar-refractivity contribution in [2.45, 2.75) is 6.92 Å². The number of fused-ring (bicyclic) bond motifs is 1. The first-order chi connectivity index (χ1) is 15.0. The summed E-state index contributed by atoms with van der Waals surface area (Å²) in [5, 5.41) is 0.877. The van der Waals surface area contributed by atoms with Crippen LogP contribution >= 0.6 is 11.6 Å². The number of esters is 1. The molecule has 3 aromatic carbocycles. The van der Waals surface area contributed by atoms with Crippen molar-refractivity contribution in [3.63, 3.8) is 0 Å². The van der Waals surface area contributed by atoms with Gasteiger partial charge in [0.05, 0.1) is 5.39 Å². The van der Waals surface area contributed by atoms with E-state index in [1.165, 1.54) is 24.5 Å². The zero-order chi connectivity index (χ0) is 21.8. The van der Waals surface area contributed by atoms with Gasteiger partial charge in [0.2, 0.25) is 11.2 Å². The Kier molecular flexibility index (Phi) is 5.91. The molecule has 0 fully saturated rings. The van der Waals surface area contributed by atoms with Gasteiger partial charge in [-0.05, 0) is 55.5 Å². The van der Waals surface area contributed by atoms with Crippen molar-refractivity contribution in [1.29, 1.82) is 0 Å². The van der Waals surface area contributed by atoms with Crippen LogP contribution < -0.4 is 19.6 Å². The predicted octanol–water partition coefficient (Wildman–Crippen LogP) is 5.53. The molecule has 6 nitrogen and oxygen atoms in total.